The normalized spacial score (nSPS) is 23.3. The summed E-state index contributed by atoms with van der Waals surface area (Å²) in [5.74, 6) is 0.0867. The Morgan fingerprint density at radius 1 is 1.11 bits per heavy atom. The summed E-state index contributed by atoms with van der Waals surface area (Å²) in [6.45, 7) is 2.44. The number of hydrogen-bond donors (Lipinski definition) is 1. The van der Waals surface area contributed by atoms with E-state index in [2.05, 4.69) is 6.92 Å². The molecule has 0 spiro atoms. The number of carbonyl (C=O) groups excluding carboxylic acids is 1. The molecule has 1 N–H and O–H groups in total. The van der Waals surface area contributed by atoms with Gasteiger partial charge in [-0.1, -0.05) is 39.0 Å². The lowest BCUT2D eigenvalue weighted by atomic mass is 9.96. The SMILES string of the molecule is CCCCCCCC1CC(CCCCO)C(=O)O1. The van der Waals surface area contributed by atoms with Crippen LogP contribution in [0.4, 0.5) is 0 Å². The second kappa shape index (κ2) is 9.37. The van der Waals surface area contributed by atoms with Crippen LogP contribution in [0.25, 0.3) is 0 Å². The van der Waals surface area contributed by atoms with Gasteiger partial charge in [-0.25, -0.2) is 0 Å². The Morgan fingerprint density at radius 2 is 1.83 bits per heavy atom. The van der Waals surface area contributed by atoms with Crippen molar-refractivity contribution in [1.29, 1.82) is 0 Å². The molecule has 1 fully saturated rings. The lowest BCUT2D eigenvalue weighted by Gasteiger charge is -2.08. The topological polar surface area (TPSA) is 46.5 Å². The van der Waals surface area contributed by atoms with Gasteiger partial charge in [0.15, 0.2) is 0 Å². The molecular weight excluding hydrogens is 228 g/mol. The summed E-state index contributed by atoms with van der Waals surface area (Å²) in [4.78, 5) is 11.6. The third-order valence-corrected chi connectivity index (χ3v) is 3.75. The Hall–Kier alpha value is -0.570. The van der Waals surface area contributed by atoms with Crippen LogP contribution in [0.15, 0.2) is 0 Å². The first-order chi connectivity index (χ1) is 8.77. The van der Waals surface area contributed by atoms with Gasteiger partial charge in [-0.05, 0) is 32.1 Å². The standard InChI is InChI=1S/C15H28O3/c1-2-3-4-5-6-10-14-12-13(15(17)18-14)9-7-8-11-16/h13-14,16H,2-12H2,1H3. The molecule has 3 nitrogen and oxygen atoms in total. The van der Waals surface area contributed by atoms with Gasteiger partial charge in [-0.2, -0.15) is 0 Å². The third-order valence-electron chi connectivity index (χ3n) is 3.75. The molecule has 0 aromatic carbocycles. The van der Waals surface area contributed by atoms with Crippen LogP contribution < -0.4 is 0 Å². The maximum atomic E-state index is 11.6. The van der Waals surface area contributed by atoms with Crippen LogP contribution >= 0.6 is 0 Å². The van der Waals surface area contributed by atoms with Gasteiger partial charge >= 0.3 is 5.97 Å². The number of cyclic esters (lactones) is 1. The summed E-state index contributed by atoms with van der Waals surface area (Å²) in [7, 11) is 0. The predicted octanol–water partition coefficient (Wildman–Crippen LogP) is 3.44. The van der Waals surface area contributed by atoms with Gasteiger partial charge in [0.25, 0.3) is 0 Å². The van der Waals surface area contributed by atoms with Crippen LogP contribution in [0.5, 0.6) is 0 Å². The first-order valence-electron chi connectivity index (χ1n) is 7.59. The molecule has 0 aromatic heterocycles. The van der Waals surface area contributed by atoms with Crippen LogP contribution in [0.3, 0.4) is 0 Å². The van der Waals surface area contributed by atoms with Gasteiger partial charge in [0.1, 0.15) is 6.10 Å². The highest BCUT2D eigenvalue weighted by atomic mass is 16.5. The van der Waals surface area contributed by atoms with Crippen molar-refractivity contribution in [3.05, 3.63) is 0 Å². The molecule has 106 valence electrons. The zero-order chi connectivity index (χ0) is 13.2. The van der Waals surface area contributed by atoms with Crippen LogP contribution in [0, 0.1) is 5.92 Å². The average molecular weight is 256 g/mol. The van der Waals surface area contributed by atoms with Crippen LogP contribution in [-0.2, 0) is 9.53 Å². The summed E-state index contributed by atoms with van der Waals surface area (Å²) >= 11 is 0. The van der Waals surface area contributed by atoms with Crippen LogP contribution in [0.2, 0.25) is 0 Å². The molecule has 2 unspecified atom stereocenters. The molecule has 0 bridgehead atoms. The first kappa shape index (κ1) is 15.5. The highest BCUT2D eigenvalue weighted by Gasteiger charge is 2.33. The van der Waals surface area contributed by atoms with E-state index in [4.69, 9.17) is 9.84 Å². The molecule has 1 aliphatic heterocycles. The van der Waals surface area contributed by atoms with Crippen molar-refractivity contribution in [3.63, 3.8) is 0 Å². The third kappa shape index (κ3) is 5.85. The maximum absolute atomic E-state index is 11.6. The molecule has 0 aliphatic carbocycles. The fourth-order valence-corrected chi connectivity index (χ4v) is 2.61. The summed E-state index contributed by atoms with van der Waals surface area (Å²) in [6, 6.07) is 0. The Morgan fingerprint density at radius 3 is 2.56 bits per heavy atom. The van der Waals surface area contributed by atoms with Crippen molar-refractivity contribution < 1.29 is 14.6 Å². The molecule has 1 heterocycles. The molecule has 1 rings (SSSR count). The molecule has 1 saturated heterocycles. The van der Waals surface area contributed by atoms with Gasteiger partial charge in [-0.15, -0.1) is 0 Å². The van der Waals surface area contributed by atoms with Crippen molar-refractivity contribution in [2.75, 3.05) is 6.61 Å². The Labute approximate surface area is 111 Å². The van der Waals surface area contributed by atoms with E-state index in [1.807, 2.05) is 0 Å². The van der Waals surface area contributed by atoms with E-state index in [0.29, 0.717) is 0 Å². The monoisotopic (exact) mass is 256 g/mol. The van der Waals surface area contributed by atoms with Gasteiger partial charge in [0, 0.05) is 6.61 Å². The highest BCUT2D eigenvalue weighted by Crippen LogP contribution is 2.28. The van der Waals surface area contributed by atoms with E-state index in [0.717, 1.165) is 32.1 Å². The largest absolute Gasteiger partial charge is 0.462 e. The molecule has 0 radical (unpaired) electrons. The molecule has 0 aromatic rings. The van der Waals surface area contributed by atoms with E-state index < -0.39 is 0 Å². The number of ether oxygens (including phenoxy) is 1. The molecule has 3 heteroatoms. The van der Waals surface area contributed by atoms with Crippen molar-refractivity contribution >= 4 is 5.97 Å². The summed E-state index contributed by atoms with van der Waals surface area (Å²) < 4.78 is 5.41. The maximum Gasteiger partial charge on any atom is 0.309 e. The number of aliphatic hydroxyl groups excluding tert-OH is 1. The second-order valence-electron chi connectivity index (χ2n) is 5.41. The zero-order valence-corrected chi connectivity index (χ0v) is 11.7. The number of rotatable bonds is 10. The van der Waals surface area contributed by atoms with E-state index in [9.17, 15) is 4.79 Å². The van der Waals surface area contributed by atoms with Gasteiger partial charge in [-0.3, -0.25) is 4.79 Å². The second-order valence-corrected chi connectivity index (χ2v) is 5.41. The highest BCUT2D eigenvalue weighted by molar-refractivity contribution is 5.74. The quantitative estimate of drug-likeness (QED) is 0.481. The Kier molecular flexibility index (Phi) is 8.06. The van der Waals surface area contributed by atoms with Crippen LogP contribution in [0.1, 0.15) is 71.1 Å². The molecule has 0 saturated carbocycles. The summed E-state index contributed by atoms with van der Waals surface area (Å²) in [5, 5.41) is 8.73. The Bertz CT molecular complexity index is 228. The number of unbranched alkanes of at least 4 members (excludes halogenated alkanes) is 5. The van der Waals surface area contributed by atoms with Crippen molar-refractivity contribution in [2.24, 2.45) is 5.92 Å². The zero-order valence-electron chi connectivity index (χ0n) is 11.7. The van der Waals surface area contributed by atoms with Gasteiger partial charge in [0.05, 0.1) is 5.92 Å². The first-order valence-corrected chi connectivity index (χ1v) is 7.59. The number of esters is 1. The minimum absolute atomic E-state index is 0.00787. The smallest absolute Gasteiger partial charge is 0.309 e. The fourth-order valence-electron chi connectivity index (χ4n) is 2.61. The molecule has 0 amide bonds. The predicted molar refractivity (Wildman–Crippen MR) is 72.3 cm³/mol. The van der Waals surface area contributed by atoms with Gasteiger partial charge in [0.2, 0.25) is 0 Å². The van der Waals surface area contributed by atoms with Crippen LogP contribution in [-0.4, -0.2) is 23.8 Å². The number of carbonyl (C=O) groups is 1. The van der Waals surface area contributed by atoms with E-state index in [1.54, 1.807) is 0 Å². The number of aliphatic hydroxyl groups is 1. The molecule has 18 heavy (non-hydrogen) atoms. The average Bonchev–Trinajstić information content (AvgIpc) is 2.70. The van der Waals surface area contributed by atoms with E-state index in [-0.39, 0.29) is 24.6 Å². The number of hydrogen-bond acceptors (Lipinski definition) is 3. The van der Waals surface area contributed by atoms with Crippen molar-refractivity contribution in [1.82, 2.24) is 0 Å². The minimum Gasteiger partial charge on any atom is -0.462 e. The van der Waals surface area contributed by atoms with E-state index in [1.165, 1.54) is 32.1 Å². The van der Waals surface area contributed by atoms with Crippen molar-refractivity contribution in [2.45, 2.75) is 77.2 Å². The van der Waals surface area contributed by atoms with E-state index >= 15 is 0 Å². The molecular formula is C15H28O3. The Balaban J connectivity index is 2.08. The van der Waals surface area contributed by atoms with Crippen molar-refractivity contribution in [3.8, 4) is 0 Å². The summed E-state index contributed by atoms with van der Waals surface area (Å²) in [5.41, 5.74) is 0. The van der Waals surface area contributed by atoms with Gasteiger partial charge < -0.3 is 9.84 Å². The lowest BCUT2D eigenvalue weighted by molar-refractivity contribution is -0.144. The fraction of sp³-hybridized carbons (Fsp3) is 0.933. The minimum atomic E-state index is -0.00787. The summed E-state index contributed by atoms with van der Waals surface area (Å²) in [6.07, 6.45) is 11.0. The lowest BCUT2D eigenvalue weighted by Crippen LogP contribution is -2.07. The molecule has 2 atom stereocenters. The molecule has 1 aliphatic rings.